The molecule has 2 aliphatic rings. The largest absolute Gasteiger partial charge is 0.338 e. The molecule has 2 rings (SSSR count). The van der Waals surface area contributed by atoms with E-state index in [1.807, 2.05) is 0 Å². The zero-order chi connectivity index (χ0) is 14.8. The van der Waals surface area contributed by atoms with Gasteiger partial charge in [-0.15, -0.1) is 0 Å². The molecule has 0 unspecified atom stereocenters. The lowest BCUT2D eigenvalue weighted by Gasteiger charge is -2.24. The molecule has 0 bridgehead atoms. The van der Waals surface area contributed by atoms with E-state index < -0.39 is 9.84 Å². The van der Waals surface area contributed by atoms with Crippen molar-refractivity contribution in [3.8, 4) is 0 Å². The van der Waals surface area contributed by atoms with Gasteiger partial charge in [0.1, 0.15) is 0 Å². The van der Waals surface area contributed by atoms with Crippen molar-refractivity contribution in [1.82, 2.24) is 15.1 Å². The van der Waals surface area contributed by atoms with Crippen LogP contribution < -0.4 is 5.32 Å². The van der Waals surface area contributed by atoms with Crippen LogP contribution in [-0.2, 0) is 9.84 Å². The molecule has 20 heavy (non-hydrogen) atoms. The summed E-state index contributed by atoms with van der Waals surface area (Å²) in [6.45, 7) is 6.03. The molecule has 6 nitrogen and oxygen atoms in total. The highest BCUT2D eigenvalue weighted by molar-refractivity contribution is 7.91. The quantitative estimate of drug-likeness (QED) is 0.803. The minimum absolute atomic E-state index is 0.101. The van der Waals surface area contributed by atoms with Gasteiger partial charge in [-0.05, 0) is 31.8 Å². The maximum Gasteiger partial charge on any atom is 0.317 e. The standard InChI is InChI=1S/C13H25N3O3S/c1-3-16-6-4-11(9-16)8-14-13(17)15(2)12-5-7-20(18,19)10-12/h11-12H,3-10H2,1-2H3,(H,14,17)/t11-,12+/m1/s1. The van der Waals surface area contributed by atoms with Gasteiger partial charge >= 0.3 is 6.03 Å². The smallest absolute Gasteiger partial charge is 0.317 e. The Kier molecular flexibility index (Phi) is 4.90. The average molecular weight is 303 g/mol. The topological polar surface area (TPSA) is 69.7 Å². The van der Waals surface area contributed by atoms with Crippen LogP contribution in [0.2, 0.25) is 0 Å². The summed E-state index contributed by atoms with van der Waals surface area (Å²) in [4.78, 5) is 16.0. The number of likely N-dealkylation sites (tertiary alicyclic amines) is 1. The van der Waals surface area contributed by atoms with Gasteiger partial charge in [0, 0.05) is 26.2 Å². The van der Waals surface area contributed by atoms with Gasteiger partial charge in [0.25, 0.3) is 0 Å². The molecular formula is C13H25N3O3S. The normalized spacial score (nSPS) is 29.5. The number of carbonyl (C=O) groups excluding carboxylic acids is 1. The average Bonchev–Trinajstić information content (AvgIpc) is 3.01. The van der Waals surface area contributed by atoms with E-state index in [0.29, 0.717) is 18.9 Å². The van der Waals surface area contributed by atoms with Crippen LogP contribution in [0.5, 0.6) is 0 Å². The number of hydrogen-bond acceptors (Lipinski definition) is 4. The second-order valence-electron chi connectivity index (χ2n) is 5.90. The Bertz CT molecular complexity index is 452. The highest BCUT2D eigenvalue weighted by Crippen LogP contribution is 2.17. The number of carbonyl (C=O) groups is 1. The fourth-order valence-corrected chi connectivity index (χ4v) is 4.74. The molecular weight excluding hydrogens is 278 g/mol. The number of sulfone groups is 1. The zero-order valence-electron chi connectivity index (χ0n) is 12.3. The van der Waals surface area contributed by atoms with Crippen molar-refractivity contribution in [2.24, 2.45) is 5.92 Å². The van der Waals surface area contributed by atoms with E-state index in [1.54, 1.807) is 11.9 Å². The van der Waals surface area contributed by atoms with Crippen LogP contribution >= 0.6 is 0 Å². The van der Waals surface area contributed by atoms with Crippen LogP contribution in [0.3, 0.4) is 0 Å². The molecule has 0 spiro atoms. The third-order valence-electron chi connectivity index (χ3n) is 4.44. The lowest BCUT2D eigenvalue weighted by atomic mass is 10.1. The maximum absolute atomic E-state index is 12.1. The van der Waals surface area contributed by atoms with Crippen molar-refractivity contribution in [3.63, 3.8) is 0 Å². The van der Waals surface area contributed by atoms with Crippen LogP contribution in [0.15, 0.2) is 0 Å². The maximum atomic E-state index is 12.1. The molecule has 2 atom stereocenters. The Hall–Kier alpha value is -0.820. The number of amides is 2. The van der Waals surface area contributed by atoms with E-state index in [-0.39, 0.29) is 23.6 Å². The highest BCUT2D eigenvalue weighted by atomic mass is 32.2. The summed E-state index contributed by atoms with van der Waals surface area (Å²) in [5, 5.41) is 2.94. The molecule has 2 amide bonds. The van der Waals surface area contributed by atoms with Crippen LogP contribution in [0.25, 0.3) is 0 Å². The first-order valence-electron chi connectivity index (χ1n) is 7.34. The minimum atomic E-state index is -2.94. The second kappa shape index (κ2) is 6.30. The summed E-state index contributed by atoms with van der Waals surface area (Å²) in [5.41, 5.74) is 0. The summed E-state index contributed by atoms with van der Waals surface area (Å²) in [6, 6.07) is -0.322. The van der Waals surface area contributed by atoms with Gasteiger partial charge in [0.05, 0.1) is 11.5 Å². The number of rotatable bonds is 4. The van der Waals surface area contributed by atoms with Crippen LogP contribution in [0.4, 0.5) is 4.79 Å². The van der Waals surface area contributed by atoms with Crippen molar-refractivity contribution >= 4 is 15.9 Å². The molecule has 2 saturated heterocycles. The van der Waals surface area contributed by atoms with E-state index in [0.717, 1.165) is 26.1 Å². The molecule has 2 fully saturated rings. The van der Waals surface area contributed by atoms with Gasteiger partial charge in [-0.25, -0.2) is 13.2 Å². The first kappa shape index (κ1) is 15.6. The summed E-state index contributed by atoms with van der Waals surface area (Å²) in [7, 11) is -1.26. The molecule has 7 heteroatoms. The van der Waals surface area contributed by atoms with Gasteiger partial charge in [0.2, 0.25) is 0 Å². The van der Waals surface area contributed by atoms with Crippen molar-refractivity contribution in [3.05, 3.63) is 0 Å². The first-order chi connectivity index (χ1) is 9.41. The fourth-order valence-electron chi connectivity index (χ4n) is 2.97. The summed E-state index contributed by atoms with van der Waals surface area (Å²) < 4.78 is 22.9. The number of nitrogens with zero attached hydrogens (tertiary/aromatic N) is 2. The van der Waals surface area contributed by atoms with Gasteiger partial charge < -0.3 is 15.1 Å². The van der Waals surface area contributed by atoms with Gasteiger partial charge in [-0.1, -0.05) is 6.92 Å². The van der Waals surface area contributed by atoms with Gasteiger partial charge in [0.15, 0.2) is 9.84 Å². The molecule has 1 N–H and O–H groups in total. The monoisotopic (exact) mass is 303 g/mol. The van der Waals surface area contributed by atoms with Crippen LogP contribution in [0.1, 0.15) is 19.8 Å². The molecule has 0 aromatic rings. The molecule has 2 heterocycles. The van der Waals surface area contributed by atoms with E-state index in [4.69, 9.17) is 0 Å². The second-order valence-corrected chi connectivity index (χ2v) is 8.13. The van der Waals surface area contributed by atoms with Crippen molar-refractivity contribution < 1.29 is 13.2 Å². The summed E-state index contributed by atoms with van der Waals surface area (Å²) in [5.74, 6) is 0.812. The molecule has 0 aromatic heterocycles. The highest BCUT2D eigenvalue weighted by Gasteiger charge is 2.33. The predicted octanol–water partition coefficient (Wildman–Crippen LogP) is 0.157. The van der Waals surface area contributed by atoms with E-state index in [2.05, 4.69) is 17.1 Å². The zero-order valence-corrected chi connectivity index (χ0v) is 13.2. The van der Waals surface area contributed by atoms with Crippen molar-refractivity contribution in [1.29, 1.82) is 0 Å². The van der Waals surface area contributed by atoms with E-state index in [1.165, 1.54) is 0 Å². The Morgan fingerprint density at radius 1 is 1.40 bits per heavy atom. The predicted molar refractivity (Wildman–Crippen MR) is 78.4 cm³/mol. The number of hydrogen-bond donors (Lipinski definition) is 1. The third kappa shape index (κ3) is 3.85. The van der Waals surface area contributed by atoms with E-state index >= 15 is 0 Å². The lowest BCUT2D eigenvalue weighted by molar-refractivity contribution is 0.193. The Labute approximate surface area is 121 Å². The first-order valence-corrected chi connectivity index (χ1v) is 9.17. The lowest BCUT2D eigenvalue weighted by Crippen LogP contribution is -2.45. The Morgan fingerprint density at radius 3 is 2.70 bits per heavy atom. The van der Waals surface area contributed by atoms with Crippen LogP contribution in [0, 0.1) is 5.92 Å². The third-order valence-corrected chi connectivity index (χ3v) is 6.19. The van der Waals surface area contributed by atoms with Crippen molar-refractivity contribution in [2.45, 2.75) is 25.8 Å². The molecule has 2 aliphatic heterocycles. The molecule has 0 radical (unpaired) electrons. The SMILES string of the molecule is CCN1CC[C@H](CNC(=O)N(C)[C@H]2CCS(=O)(=O)C2)C1. The van der Waals surface area contributed by atoms with Crippen molar-refractivity contribution in [2.75, 3.05) is 44.7 Å². The van der Waals surface area contributed by atoms with Crippen LogP contribution in [-0.4, -0.2) is 75.0 Å². The number of nitrogens with one attached hydrogen (secondary N) is 1. The van der Waals surface area contributed by atoms with Gasteiger partial charge in [-0.3, -0.25) is 0 Å². The molecule has 0 aliphatic carbocycles. The van der Waals surface area contributed by atoms with E-state index in [9.17, 15) is 13.2 Å². The molecule has 116 valence electrons. The van der Waals surface area contributed by atoms with Gasteiger partial charge in [-0.2, -0.15) is 0 Å². The Morgan fingerprint density at radius 2 is 2.15 bits per heavy atom. The summed E-state index contributed by atoms with van der Waals surface area (Å²) in [6.07, 6.45) is 1.68. The Balaban J connectivity index is 1.75. The molecule has 0 aromatic carbocycles. The summed E-state index contributed by atoms with van der Waals surface area (Å²) >= 11 is 0. The molecule has 0 saturated carbocycles. The fraction of sp³-hybridized carbons (Fsp3) is 0.923. The minimum Gasteiger partial charge on any atom is -0.338 e. The number of urea groups is 1.